The molecule has 0 bridgehead atoms. The van der Waals surface area contributed by atoms with E-state index < -0.39 is 0 Å². The fourth-order valence-electron chi connectivity index (χ4n) is 4.13. The molecule has 2 aromatic heterocycles. The van der Waals surface area contributed by atoms with Gasteiger partial charge in [-0.1, -0.05) is 42.0 Å². The average Bonchev–Trinajstić information content (AvgIpc) is 3.22. The highest BCUT2D eigenvalue weighted by molar-refractivity contribution is 5.76. The smallest absolute Gasteiger partial charge is 0.293 e. The number of amides is 1. The molecule has 0 radical (unpaired) electrons. The molecular formula is C24H23N5O2. The molecule has 0 fully saturated rings. The van der Waals surface area contributed by atoms with Gasteiger partial charge in [-0.05, 0) is 49.1 Å². The van der Waals surface area contributed by atoms with E-state index >= 15 is 0 Å². The predicted octanol–water partition coefficient (Wildman–Crippen LogP) is 2.76. The Morgan fingerprint density at radius 3 is 2.71 bits per heavy atom. The van der Waals surface area contributed by atoms with Crippen molar-refractivity contribution in [2.45, 2.75) is 33.4 Å². The van der Waals surface area contributed by atoms with Crippen LogP contribution in [0.1, 0.15) is 22.3 Å². The highest BCUT2D eigenvalue weighted by atomic mass is 16.2. The number of carbonyl (C=O) groups excluding carboxylic acids is 1. The van der Waals surface area contributed by atoms with Gasteiger partial charge in [-0.2, -0.15) is 10.2 Å². The monoisotopic (exact) mass is 413 g/mol. The quantitative estimate of drug-likeness (QED) is 0.518. The van der Waals surface area contributed by atoms with Crippen molar-refractivity contribution in [1.82, 2.24) is 24.3 Å². The Bertz CT molecular complexity index is 1370. The summed E-state index contributed by atoms with van der Waals surface area (Å²) in [5, 5.41) is 8.72. The second-order valence-corrected chi connectivity index (χ2v) is 8.11. The number of aromatic nitrogens is 4. The molecule has 1 aliphatic rings. The van der Waals surface area contributed by atoms with Gasteiger partial charge in [0.15, 0.2) is 0 Å². The van der Waals surface area contributed by atoms with Gasteiger partial charge in [-0.3, -0.25) is 9.59 Å². The maximum absolute atomic E-state index is 13.0. The zero-order valence-corrected chi connectivity index (χ0v) is 17.6. The second kappa shape index (κ2) is 7.50. The Morgan fingerprint density at radius 1 is 1.06 bits per heavy atom. The van der Waals surface area contributed by atoms with Gasteiger partial charge < -0.3 is 4.90 Å². The Balaban J connectivity index is 1.42. The van der Waals surface area contributed by atoms with Gasteiger partial charge in [0.2, 0.25) is 5.91 Å². The van der Waals surface area contributed by atoms with Gasteiger partial charge in [-0.15, -0.1) is 0 Å². The fourth-order valence-corrected chi connectivity index (χ4v) is 4.13. The first-order chi connectivity index (χ1) is 15.0. The summed E-state index contributed by atoms with van der Waals surface area (Å²) in [7, 11) is 0. The van der Waals surface area contributed by atoms with Crippen LogP contribution in [-0.2, 0) is 24.3 Å². The molecule has 1 aliphatic heterocycles. The normalized spacial score (nSPS) is 13.4. The van der Waals surface area contributed by atoms with E-state index in [2.05, 4.69) is 22.3 Å². The van der Waals surface area contributed by atoms with Gasteiger partial charge in [0.25, 0.3) is 5.56 Å². The standard InChI is InChI=1S/C24H23N5O2/c1-16-7-8-17(2)20(11-16)21-12-22-24(31)28(25-15-29(22)26-21)14-23(30)27-10-9-18-5-3-4-6-19(18)13-27/h3-8,11-12,15H,9-10,13-14H2,1-2H3. The molecule has 0 saturated carbocycles. The van der Waals surface area contributed by atoms with Crippen LogP contribution in [0.3, 0.4) is 0 Å². The maximum Gasteiger partial charge on any atom is 0.293 e. The van der Waals surface area contributed by atoms with Crippen LogP contribution in [0.4, 0.5) is 0 Å². The molecule has 0 N–H and O–H groups in total. The zero-order valence-electron chi connectivity index (χ0n) is 17.6. The van der Waals surface area contributed by atoms with E-state index in [0.717, 1.165) is 34.4 Å². The third kappa shape index (κ3) is 3.52. The highest BCUT2D eigenvalue weighted by Crippen LogP contribution is 2.24. The summed E-state index contributed by atoms with van der Waals surface area (Å²) in [5.41, 5.74) is 6.44. The first-order valence-corrected chi connectivity index (χ1v) is 10.4. The van der Waals surface area contributed by atoms with Gasteiger partial charge in [0.05, 0.1) is 5.69 Å². The van der Waals surface area contributed by atoms with E-state index in [1.54, 1.807) is 11.0 Å². The summed E-state index contributed by atoms with van der Waals surface area (Å²) in [6.07, 6.45) is 2.31. The second-order valence-electron chi connectivity index (χ2n) is 8.11. The molecule has 2 aromatic carbocycles. The molecule has 31 heavy (non-hydrogen) atoms. The number of nitrogens with zero attached hydrogens (tertiary/aromatic N) is 5. The molecule has 0 saturated heterocycles. The number of hydrogen-bond acceptors (Lipinski definition) is 4. The third-order valence-electron chi connectivity index (χ3n) is 5.93. The van der Waals surface area contributed by atoms with Gasteiger partial charge >= 0.3 is 0 Å². The van der Waals surface area contributed by atoms with Crippen molar-refractivity contribution in [3.8, 4) is 11.3 Å². The summed E-state index contributed by atoms with van der Waals surface area (Å²) in [4.78, 5) is 27.7. The summed E-state index contributed by atoms with van der Waals surface area (Å²) in [6, 6.07) is 16.1. The minimum Gasteiger partial charge on any atom is -0.336 e. The molecule has 0 atom stereocenters. The fraction of sp³-hybridized carbons (Fsp3) is 0.250. The van der Waals surface area contributed by atoms with Crippen LogP contribution in [0.2, 0.25) is 0 Å². The minimum atomic E-state index is -0.322. The van der Waals surface area contributed by atoms with Crippen LogP contribution >= 0.6 is 0 Å². The van der Waals surface area contributed by atoms with Crippen molar-refractivity contribution in [1.29, 1.82) is 0 Å². The van der Waals surface area contributed by atoms with E-state index in [9.17, 15) is 9.59 Å². The molecule has 7 heteroatoms. The van der Waals surface area contributed by atoms with Crippen molar-refractivity contribution in [3.63, 3.8) is 0 Å². The molecule has 4 aromatic rings. The predicted molar refractivity (Wildman–Crippen MR) is 118 cm³/mol. The number of carbonyl (C=O) groups is 1. The van der Waals surface area contributed by atoms with Crippen molar-refractivity contribution >= 4 is 11.4 Å². The molecule has 0 spiro atoms. The number of rotatable bonds is 3. The van der Waals surface area contributed by atoms with Gasteiger partial charge in [0.1, 0.15) is 18.4 Å². The van der Waals surface area contributed by atoms with Crippen molar-refractivity contribution < 1.29 is 4.79 Å². The van der Waals surface area contributed by atoms with E-state index in [1.807, 2.05) is 44.2 Å². The van der Waals surface area contributed by atoms with E-state index in [0.29, 0.717) is 18.6 Å². The molecule has 5 rings (SSSR count). The van der Waals surface area contributed by atoms with Crippen LogP contribution in [0.15, 0.2) is 59.7 Å². The van der Waals surface area contributed by atoms with E-state index in [-0.39, 0.29) is 18.0 Å². The lowest BCUT2D eigenvalue weighted by Gasteiger charge is -2.28. The Kier molecular flexibility index (Phi) is 4.66. The lowest BCUT2D eigenvalue weighted by atomic mass is 10.00. The largest absolute Gasteiger partial charge is 0.336 e. The number of fused-ring (bicyclic) bond motifs is 2. The minimum absolute atomic E-state index is 0.0819. The highest BCUT2D eigenvalue weighted by Gasteiger charge is 2.22. The summed E-state index contributed by atoms with van der Waals surface area (Å²) < 4.78 is 2.71. The molecule has 156 valence electrons. The van der Waals surface area contributed by atoms with Crippen LogP contribution < -0.4 is 5.56 Å². The summed E-state index contributed by atoms with van der Waals surface area (Å²) in [6.45, 7) is 5.18. The van der Waals surface area contributed by atoms with Crippen LogP contribution in [0.5, 0.6) is 0 Å². The van der Waals surface area contributed by atoms with Crippen LogP contribution in [0.25, 0.3) is 16.8 Å². The zero-order chi connectivity index (χ0) is 21.5. The van der Waals surface area contributed by atoms with E-state index in [4.69, 9.17) is 0 Å². The molecule has 0 aliphatic carbocycles. The summed E-state index contributed by atoms with van der Waals surface area (Å²) >= 11 is 0. The third-order valence-corrected chi connectivity index (χ3v) is 5.93. The lowest BCUT2D eigenvalue weighted by molar-refractivity contribution is -0.133. The topological polar surface area (TPSA) is 72.5 Å². The number of hydrogen-bond donors (Lipinski definition) is 0. The molecular weight excluding hydrogens is 390 g/mol. The van der Waals surface area contributed by atoms with Crippen LogP contribution in [0, 0.1) is 13.8 Å². The lowest BCUT2D eigenvalue weighted by Crippen LogP contribution is -2.40. The Labute approximate surface area is 179 Å². The first-order valence-electron chi connectivity index (χ1n) is 10.4. The SMILES string of the molecule is Cc1ccc(C)c(-c2cc3c(=O)n(CC(=O)N4CCc5ccccc5C4)ncn3n2)c1. The number of aryl methyl sites for hydroxylation is 2. The van der Waals surface area contributed by atoms with Crippen LogP contribution in [-0.4, -0.2) is 36.7 Å². The Hall–Kier alpha value is -3.74. The van der Waals surface area contributed by atoms with Gasteiger partial charge in [-0.25, -0.2) is 9.20 Å². The molecule has 3 heterocycles. The molecule has 7 nitrogen and oxygen atoms in total. The first kappa shape index (κ1) is 19.2. The molecule has 1 amide bonds. The van der Waals surface area contributed by atoms with Gasteiger partial charge in [0, 0.05) is 18.7 Å². The van der Waals surface area contributed by atoms with E-state index in [1.165, 1.54) is 21.1 Å². The van der Waals surface area contributed by atoms with Crippen molar-refractivity contribution in [3.05, 3.63) is 87.5 Å². The van der Waals surface area contributed by atoms with Crippen molar-refractivity contribution in [2.24, 2.45) is 0 Å². The average molecular weight is 413 g/mol. The Morgan fingerprint density at radius 2 is 1.87 bits per heavy atom. The molecule has 0 unspecified atom stereocenters. The van der Waals surface area contributed by atoms with Crippen molar-refractivity contribution in [2.75, 3.05) is 6.54 Å². The summed E-state index contributed by atoms with van der Waals surface area (Å²) in [5.74, 6) is -0.109. The number of benzene rings is 2. The maximum atomic E-state index is 13.0.